The third-order valence-corrected chi connectivity index (χ3v) is 4.91. The Labute approximate surface area is 165 Å². The summed E-state index contributed by atoms with van der Waals surface area (Å²) in [5.74, 6) is 2.32. The van der Waals surface area contributed by atoms with Gasteiger partial charge in [0.2, 0.25) is 5.95 Å². The maximum atomic E-state index is 12.1. The lowest BCUT2D eigenvalue weighted by Gasteiger charge is -2.26. The summed E-state index contributed by atoms with van der Waals surface area (Å²) in [4.78, 5) is 32.7. The van der Waals surface area contributed by atoms with Gasteiger partial charge in [-0.2, -0.15) is 4.98 Å². The largest absolute Gasteiger partial charge is 0.382 e. The lowest BCUT2D eigenvalue weighted by Crippen LogP contribution is -2.37. The molecule has 1 fully saturated rings. The molecule has 1 saturated heterocycles. The van der Waals surface area contributed by atoms with Crippen molar-refractivity contribution in [3.63, 3.8) is 0 Å². The summed E-state index contributed by atoms with van der Waals surface area (Å²) >= 11 is 5.03. The first-order chi connectivity index (χ1) is 13.2. The summed E-state index contributed by atoms with van der Waals surface area (Å²) in [7, 11) is 1.50. The number of aromatic amines is 1. The Balaban J connectivity index is 2.06. The van der Waals surface area contributed by atoms with Crippen LogP contribution in [0.25, 0.3) is 11.2 Å². The second kappa shape index (κ2) is 8.26. The number of aromatic nitrogens is 4. The number of nitrogens with one attached hydrogen (secondary N) is 1. The van der Waals surface area contributed by atoms with Gasteiger partial charge in [-0.25, -0.2) is 4.98 Å². The number of imidazole rings is 1. The third-order valence-electron chi connectivity index (χ3n) is 4.02. The Bertz CT molecular complexity index is 997. The van der Waals surface area contributed by atoms with Gasteiger partial charge in [0.05, 0.1) is 12.9 Å². The summed E-state index contributed by atoms with van der Waals surface area (Å²) in [6, 6.07) is 0. The molecule has 13 heteroatoms. The highest BCUT2D eigenvalue weighted by Gasteiger charge is 2.49. The first-order valence-corrected chi connectivity index (χ1v) is 11.3. The van der Waals surface area contributed by atoms with Crippen molar-refractivity contribution in [2.75, 3.05) is 32.7 Å². The molecule has 152 valence electrons. The molecule has 5 atom stereocenters. The number of ether oxygens (including phenoxy) is 3. The normalized spacial score (nSPS) is 26.9. The van der Waals surface area contributed by atoms with E-state index in [-0.39, 0.29) is 30.3 Å². The van der Waals surface area contributed by atoms with Crippen molar-refractivity contribution in [1.29, 1.82) is 0 Å². The van der Waals surface area contributed by atoms with Crippen LogP contribution in [0.5, 0.6) is 0 Å². The molecule has 5 unspecified atom stereocenters. The Morgan fingerprint density at radius 2 is 2.32 bits per heavy atom. The molecule has 28 heavy (non-hydrogen) atoms. The van der Waals surface area contributed by atoms with E-state index < -0.39 is 36.6 Å². The number of nitrogens with zero attached hydrogens (tertiary/aromatic N) is 3. The minimum absolute atomic E-state index is 0.0368. The van der Waals surface area contributed by atoms with Crippen molar-refractivity contribution < 1.29 is 23.6 Å². The smallest absolute Gasteiger partial charge is 0.280 e. The Kier molecular flexibility index (Phi) is 6.16. The van der Waals surface area contributed by atoms with Gasteiger partial charge in [0.25, 0.3) is 5.56 Å². The zero-order valence-electron chi connectivity index (χ0n) is 15.1. The van der Waals surface area contributed by atoms with Gasteiger partial charge in [0, 0.05) is 13.8 Å². The van der Waals surface area contributed by atoms with E-state index in [1.165, 1.54) is 24.7 Å². The Morgan fingerprint density at radius 3 is 2.96 bits per heavy atom. The Morgan fingerprint density at radius 1 is 1.57 bits per heavy atom. The lowest BCUT2D eigenvalue weighted by atomic mass is 10.1. The van der Waals surface area contributed by atoms with Crippen LogP contribution in [-0.2, 0) is 30.5 Å². The van der Waals surface area contributed by atoms with Crippen LogP contribution in [0, 0.1) is 12.3 Å². The first kappa shape index (κ1) is 20.9. The van der Waals surface area contributed by atoms with Gasteiger partial charge in [0.15, 0.2) is 23.9 Å². The number of rotatable bonds is 7. The van der Waals surface area contributed by atoms with Crippen molar-refractivity contribution >= 4 is 35.4 Å². The second-order valence-electron chi connectivity index (χ2n) is 6.15. The van der Waals surface area contributed by atoms with Crippen LogP contribution in [0.2, 0.25) is 0 Å². The van der Waals surface area contributed by atoms with E-state index in [1.54, 1.807) is 0 Å². The number of nitrogen functional groups attached to an aromatic ring is 1. The van der Waals surface area contributed by atoms with Crippen LogP contribution in [0.3, 0.4) is 0 Å². The fraction of sp³-hybridized carbons (Fsp3) is 0.533. The molecule has 11 nitrogen and oxygen atoms in total. The van der Waals surface area contributed by atoms with Gasteiger partial charge in [-0.15, -0.1) is 6.42 Å². The highest BCUT2D eigenvalue weighted by Crippen LogP contribution is 2.45. The maximum absolute atomic E-state index is 12.1. The number of nitrogens with two attached hydrogens (primary N) is 1. The molecule has 0 amide bonds. The van der Waals surface area contributed by atoms with Crippen LogP contribution >= 0.6 is 6.49 Å². The van der Waals surface area contributed by atoms with Gasteiger partial charge < -0.3 is 29.4 Å². The van der Waals surface area contributed by atoms with Gasteiger partial charge in [-0.1, -0.05) is 5.92 Å². The second-order valence-corrected chi connectivity index (χ2v) is 10.00. The molecule has 0 aromatic carbocycles. The number of fused-ring (bicyclic) bond motifs is 1. The van der Waals surface area contributed by atoms with Crippen LogP contribution in [-0.4, -0.2) is 69.7 Å². The summed E-state index contributed by atoms with van der Waals surface area (Å²) < 4.78 is 24.2. The highest BCUT2D eigenvalue weighted by atomic mass is 32.5. The molecular formula is C15H20N5O6PS. The fourth-order valence-corrected chi connectivity index (χ4v) is 4.04. The number of H-pyrrole nitrogens is 1. The van der Waals surface area contributed by atoms with E-state index >= 15 is 0 Å². The van der Waals surface area contributed by atoms with Crippen molar-refractivity contribution in [2.24, 2.45) is 0 Å². The number of methoxy groups -OCH3 is 1. The predicted octanol–water partition coefficient (Wildman–Crippen LogP) is -0.419. The van der Waals surface area contributed by atoms with Crippen molar-refractivity contribution in [3.05, 3.63) is 16.7 Å². The van der Waals surface area contributed by atoms with Crippen LogP contribution in [0.4, 0.5) is 5.95 Å². The van der Waals surface area contributed by atoms with Gasteiger partial charge in [-0.3, -0.25) is 14.3 Å². The summed E-state index contributed by atoms with van der Waals surface area (Å²) in [5.41, 5.74) is 5.47. The van der Waals surface area contributed by atoms with E-state index in [1.807, 2.05) is 0 Å². The van der Waals surface area contributed by atoms with Crippen molar-refractivity contribution in [1.82, 2.24) is 19.5 Å². The topological polar surface area (TPSA) is 147 Å². The van der Waals surface area contributed by atoms with Gasteiger partial charge in [0.1, 0.15) is 24.9 Å². The third kappa shape index (κ3) is 4.26. The van der Waals surface area contributed by atoms with Crippen molar-refractivity contribution in [2.45, 2.75) is 24.5 Å². The number of hydrogen-bond donors (Lipinski definition) is 3. The molecule has 4 N–H and O–H groups in total. The van der Waals surface area contributed by atoms with Gasteiger partial charge in [-0.05, 0) is 11.8 Å². The number of anilines is 1. The number of hydrogen-bond acceptors (Lipinski definition) is 9. The first-order valence-electron chi connectivity index (χ1n) is 8.15. The van der Waals surface area contributed by atoms with E-state index in [0.717, 1.165) is 0 Å². The molecule has 2 aromatic heterocycles. The lowest BCUT2D eigenvalue weighted by molar-refractivity contribution is -0.0670. The minimum Gasteiger partial charge on any atom is -0.382 e. The minimum atomic E-state index is -3.06. The summed E-state index contributed by atoms with van der Waals surface area (Å²) in [6.45, 7) is -1.53. The monoisotopic (exact) mass is 429 g/mol. The number of terminal acetylenes is 1. The molecule has 0 radical (unpaired) electrons. The molecule has 1 aliphatic heterocycles. The van der Waals surface area contributed by atoms with Crippen molar-refractivity contribution in [3.8, 4) is 12.3 Å². The molecule has 0 aliphatic carbocycles. The summed E-state index contributed by atoms with van der Waals surface area (Å²) in [6.07, 6.45) is 3.73. The standard InChI is InChI=1S/C15H20N5O6PS/c1-4-5-24-11-10(26-27(3,22)28)8(6-23-2)25-14(11)20-7-17-9-12(20)18-15(16)19-13(9)21/h1,7-8,10-11,14H,5-6H2,2-3H3,(H,22,28)(H3,16,18,19,21). The van der Waals surface area contributed by atoms with Crippen LogP contribution in [0.1, 0.15) is 6.23 Å². The molecule has 0 bridgehead atoms. The highest BCUT2D eigenvalue weighted by molar-refractivity contribution is 8.09. The van der Waals surface area contributed by atoms with E-state index in [9.17, 15) is 9.69 Å². The molecule has 3 rings (SSSR count). The van der Waals surface area contributed by atoms with E-state index in [0.29, 0.717) is 0 Å². The molecule has 2 aromatic rings. The average molecular weight is 429 g/mol. The SMILES string of the molecule is C#CCOC1C(OP(C)(O)=S)C(COC)OC1n1cnc2c(=O)[nH]c(N)nc21. The van der Waals surface area contributed by atoms with E-state index in [2.05, 4.69) is 20.9 Å². The predicted molar refractivity (Wildman–Crippen MR) is 104 cm³/mol. The van der Waals surface area contributed by atoms with Gasteiger partial charge >= 0.3 is 0 Å². The molecule has 0 saturated carbocycles. The zero-order valence-corrected chi connectivity index (χ0v) is 16.9. The Hall–Kier alpha value is -1.84. The maximum Gasteiger partial charge on any atom is 0.280 e. The molecule has 3 heterocycles. The van der Waals surface area contributed by atoms with Crippen LogP contribution < -0.4 is 11.3 Å². The molecular weight excluding hydrogens is 409 g/mol. The molecule has 0 spiro atoms. The quantitative estimate of drug-likeness (QED) is 0.392. The zero-order chi connectivity index (χ0) is 20.5. The van der Waals surface area contributed by atoms with Crippen LogP contribution in [0.15, 0.2) is 11.1 Å². The summed E-state index contributed by atoms with van der Waals surface area (Å²) in [5, 5.41) is 0. The molecule has 1 aliphatic rings. The fourth-order valence-electron chi connectivity index (χ4n) is 3.03. The average Bonchev–Trinajstić information content (AvgIpc) is 3.14. The van der Waals surface area contributed by atoms with E-state index in [4.69, 9.17) is 42.7 Å².